The van der Waals surface area contributed by atoms with Crippen LogP contribution in [-0.4, -0.2) is 9.55 Å². The summed E-state index contributed by atoms with van der Waals surface area (Å²) in [5, 5.41) is 2.24. The third kappa shape index (κ3) is 4.64. The summed E-state index contributed by atoms with van der Waals surface area (Å²) in [5.41, 5.74) is 12.9. The molecule has 0 amide bonds. The highest BCUT2D eigenvalue weighted by Gasteiger charge is 2.21. The van der Waals surface area contributed by atoms with Gasteiger partial charge in [0, 0.05) is 31.8 Å². The summed E-state index contributed by atoms with van der Waals surface area (Å²) >= 11 is 1.82. The van der Waals surface area contributed by atoms with E-state index < -0.39 is 0 Å². The first-order valence-electron chi connectivity index (χ1n) is 16.5. The van der Waals surface area contributed by atoms with Crippen LogP contribution in [-0.2, 0) is 0 Å². The van der Waals surface area contributed by atoms with Gasteiger partial charge in [0.2, 0.25) is 0 Å². The second-order valence-electron chi connectivity index (χ2n) is 12.4. The average Bonchev–Trinajstić information content (AvgIpc) is 3.72. The van der Waals surface area contributed by atoms with Gasteiger partial charge in [0.05, 0.1) is 11.0 Å². The van der Waals surface area contributed by atoms with Crippen molar-refractivity contribution in [3.05, 3.63) is 169 Å². The minimum absolute atomic E-state index is 0.879. The van der Waals surface area contributed by atoms with Crippen LogP contribution < -0.4 is 0 Å². The van der Waals surface area contributed by atoms with Crippen molar-refractivity contribution >= 4 is 56.9 Å². The molecule has 10 rings (SSSR count). The van der Waals surface area contributed by atoms with Gasteiger partial charge >= 0.3 is 0 Å². The molecule has 0 radical (unpaired) electrons. The van der Waals surface area contributed by atoms with E-state index >= 15 is 0 Å². The molecule has 49 heavy (non-hydrogen) atoms. The minimum Gasteiger partial charge on any atom is -0.456 e. The van der Waals surface area contributed by atoms with Crippen molar-refractivity contribution in [1.29, 1.82) is 0 Å². The Labute approximate surface area is 287 Å². The molecule has 1 aliphatic rings. The Kier molecular flexibility index (Phi) is 6.42. The normalized spacial score (nSPS) is 12.3. The number of hydrogen-bond acceptors (Lipinski definition) is 3. The molecule has 0 spiro atoms. The smallest absolute Gasteiger partial charge is 0.145 e. The van der Waals surface area contributed by atoms with E-state index in [0.717, 1.165) is 66.7 Å². The number of benzene rings is 7. The third-order valence-electron chi connectivity index (χ3n) is 9.46. The zero-order chi connectivity index (χ0) is 32.3. The van der Waals surface area contributed by atoms with E-state index in [0.29, 0.717) is 0 Å². The molecule has 2 aromatic heterocycles. The van der Waals surface area contributed by atoms with Gasteiger partial charge < -0.3 is 4.42 Å². The Balaban J connectivity index is 1.28. The lowest BCUT2D eigenvalue weighted by Gasteiger charge is -2.16. The maximum atomic E-state index is 6.49. The molecule has 0 N–H and O–H groups in total. The fourth-order valence-corrected chi connectivity index (χ4v) is 8.27. The summed E-state index contributed by atoms with van der Waals surface area (Å²) in [7, 11) is 0. The van der Waals surface area contributed by atoms with Gasteiger partial charge in [-0.3, -0.25) is 4.57 Å². The van der Waals surface area contributed by atoms with Crippen LogP contribution in [0.2, 0.25) is 0 Å². The van der Waals surface area contributed by atoms with Crippen molar-refractivity contribution < 1.29 is 4.42 Å². The monoisotopic (exact) mass is 644 g/mol. The van der Waals surface area contributed by atoms with E-state index in [2.05, 4.69) is 168 Å². The molecule has 1 aliphatic heterocycles. The Bertz CT molecular complexity index is 2750. The van der Waals surface area contributed by atoms with Crippen molar-refractivity contribution in [1.82, 2.24) is 9.55 Å². The van der Waals surface area contributed by atoms with E-state index in [4.69, 9.17) is 9.40 Å². The Morgan fingerprint density at radius 3 is 2.14 bits per heavy atom. The Morgan fingerprint density at radius 2 is 1.22 bits per heavy atom. The van der Waals surface area contributed by atoms with Crippen LogP contribution in [0, 0.1) is 0 Å². The summed E-state index contributed by atoms with van der Waals surface area (Å²) in [6.45, 7) is 0. The lowest BCUT2D eigenvalue weighted by atomic mass is 9.94. The van der Waals surface area contributed by atoms with Gasteiger partial charge in [-0.15, -0.1) is 0 Å². The van der Waals surface area contributed by atoms with Crippen LogP contribution in [0.5, 0.6) is 0 Å². The minimum atomic E-state index is 0.879. The number of nitrogens with zero attached hydrogens (tertiary/aromatic N) is 2. The van der Waals surface area contributed by atoms with E-state index in [1.54, 1.807) is 0 Å². The fourth-order valence-electron chi connectivity index (χ4n) is 7.14. The Morgan fingerprint density at radius 1 is 0.490 bits per heavy atom. The quantitative estimate of drug-likeness (QED) is 0.188. The van der Waals surface area contributed by atoms with E-state index in [9.17, 15) is 0 Å². The lowest BCUT2D eigenvalue weighted by Crippen LogP contribution is -1.98. The molecule has 0 unspecified atom stereocenters. The predicted octanol–water partition coefficient (Wildman–Crippen LogP) is 12.6. The maximum Gasteiger partial charge on any atom is 0.145 e. The molecule has 4 heteroatoms. The van der Waals surface area contributed by atoms with Crippen molar-refractivity contribution in [2.24, 2.45) is 0 Å². The summed E-state index contributed by atoms with van der Waals surface area (Å²) < 4.78 is 8.76. The van der Waals surface area contributed by atoms with Crippen molar-refractivity contribution in [2.75, 3.05) is 0 Å². The highest BCUT2D eigenvalue weighted by Crippen LogP contribution is 2.47. The molecule has 0 atom stereocenters. The topological polar surface area (TPSA) is 31.0 Å². The first-order valence-corrected chi connectivity index (χ1v) is 17.3. The highest BCUT2D eigenvalue weighted by molar-refractivity contribution is 7.99. The molecular formula is C45H28N2OS. The van der Waals surface area contributed by atoms with Crippen molar-refractivity contribution in [3.8, 4) is 39.3 Å². The number of imidazole rings is 1. The van der Waals surface area contributed by atoms with Gasteiger partial charge in [-0.25, -0.2) is 4.98 Å². The molecule has 7 aromatic carbocycles. The number of hydrogen-bond donors (Lipinski definition) is 0. The first kappa shape index (κ1) is 28.0. The molecule has 0 fully saturated rings. The second-order valence-corrected chi connectivity index (χ2v) is 13.4. The van der Waals surface area contributed by atoms with Crippen molar-refractivity contribution in [3.63, 3.8) is 0 Å². The molecule has 230 valence electrons. The number of furan rings is 1. The molecule has 3 heterocycles. The van der Waals surface area contributed by atoms with Crippen LogP contribution in [0.4, 0.5) is 0 Å². The van der Waals surface area contributed by atoms with Crippen LogP contribution >= 0.6 is 11.8 Å². The van der Waals surface area contributed by atoms with Crippen LogP contribution in [0.15, 0.2) is 172 Å². The molecule has 3 nitrogen and oxygen atoms in total. The van der Waals surface area contributed by atoms with Gasteiger partial charge in [-0.05, 0) is 88.0 Å². The zero-order valence-corrected chi connectivity index (χ0v) is 27.2. The van der Waals surface area contributed by atoms with E-state index in [-0.39, 0.29) is 0 Å². The number of rotatable bonds is 2. The highest BCUT2D eigenvalue weighted by atomic mass is 32.2. The van der Waals surface area contributed by atoms with Crippen LogP contribution in [0.3, 0.4) is 0 Å². The van der Waals surface area contributed by atoms with Gasteiger partial charge in [-0.2, -0.15) is 0 Å². The fraction of sp³-hybridized carbons (Fsp3) is 0. The lowest BCUT2D eigenvalue weighted by molar-refractivity contribution is 0.669. The summed E-state index contributed by atoms with van der Waals surface area (Å²) in [4.78, 5) is 7.60. The largest absolute Gasteiger partial charge is 0.456 e. The zero-order valence-electron chi connectivity index (χ0n) is 26.4. The van der Waals surface area contributed by atoms with Crippen molar-refractivity contribution in [2.45, 2.75) is 9.79 Å². The van der Waals surface area contributed by atoms with E-state index in [1.165, 1.54) is 26.5 Å². The Hall–Kier alpha value is -6.10. The van der Waals surface area contributed by atoms with Gasteiger partial charge in [0.1, 0.15) is 17.0 Å². The van der Waals surface area contributed by atoms with Crippen LogP contribution in [0.1, 0.15) is 11.1 Å². The number of para-hydroxylation sites is 4. The van der Waals surface area contributed by atoms with Gasteiger partial charge in [-0.1, -0.05) is 127 Å². The predicted molar refractivity (Wildman–Crippen MR) is 204 cm³/mol. The van der Waals surface area contributed by atoms with Gasteiger partial charge in [0.15, 0.2) is 0 Å². The second kappa shape index (κ2) is 11.3. The summed E-state index contributed by atoms with van der Waals surface area (Å²) in [6, 6.07) is 55.9. The first-order chi connectivity index (χ1) is 24.3. The van der Waals surface area contributed by atoms with Gasteiger partial charge in [0.25, 0.3) is 0 Å². The summed E-state index contributed by atoms with van der Waals surface area (Å²) in [5.74, 6) is 0.906. The maximum absolute atomic E-state index is 6.49. The molecular weight excluding hydrogens is 617 g/mol. The SMILES string of the molecule is C1=Cc2ccc(-c3nc4ccccc4n3-c3ccccc3)cc2-c2cc3oc4ccccc4c3cc2Sc2ccccc2-c2ccccc21. The third-order valence-corrected chi connectivity index (χ3v) is 10.6. The standard InChI is InChI=1S/C45H28N2OS/c1-2-13-32(14-3-1)47-40-19-9-8-18-39(40)46-45(47)31-25-24-30-23-22-29-12-4-5-15-33(29)35-17-7-11-21-43(35)49-44-28-37-34-16-6-10-20-41(34)48-42(37)27-38(44)36(30)26-31/h1-28H. The van der Waals surface area contributed by atoms with Crippen LogP contribution in [0.25, 0.3) is 84.5 Å². The summed E-state index contributed by atoms with van der Waals surface area (Å²) in [6.07, 6.45) is 4.50. The molecule has 0 saturated heterocycles. The molecule has 0 saturated carbocycles. The molecule has 9 aromatic rings. The molecule has 0 bridgehead atoms. The van der Waals surface area contributed by atoms with E-state index in [1.807, 2.05) is 17.8 Å². The number of fused-ring (bicyclic) bond motifs is 10. The average molecular weight is 645 g/mol. The number of aromatic nitrogens is 2. The molecule has 0 aliphatic carbocycles.